The molecule has 0 radical (unpaired) electrons. The maximum Gasteiger partial charge on any atom is 0.302 e. The molecule has 0 unspecified atom stereocenters. The van der Waals surface area contributed by atoms with E-state index in [2.05, 4.69) is 0 Å². The fourth-order valence-electron chi connectivity index (χ4n) is 0.990. The summed E-state index contributed by atoms with van der Waals surface area (Å²) in [5, 5.41) is 0. The second-order valence-corrected chi connectivity index (χ2v) is 3.41. The van der Waals surface area contributed by atoms with Crippen LogP contribution in [0.5, 0.6) is 0 Å². The molecule has 0 aromatic heterocycles. The highest BCUT2D eigenvalue weighted by molar-refractivity contribution is 5.66. The Bertz CT molecular complexity index is 252. The summed E-state index contributed by atoms with van der Waals surface area (Å²) in [7, 11) is 1.66. The highest BCUT2D eigenvalue weighted by Crippen LogP contribution is 2.06. The van der Waals surface area contributed by atoms with Crippen molar-refractivity contribution in [2.24, 2.45) is 0 Å². The van der Waals surface area contributed by atoms with Gasteiger partial charge in [-0.2, -0.15) is 0 Å². The van der Waals surface area contributed by atoms with E-state index in [1.54, 1.807) is 7.11 Å². The summed E-state index contributed by atoms with van der Waals surface area (Å²) in [6, 6.07) is 0. The number of esters is 1. The van der Waals surface area contributed by atoms with Gasteiger partial charge in [0, 0.05) is 6.92 Å². The van der Waals surface area contributed by atoms with Gasteiger partial charge in [0.25, 0.3) is 0 Å². The van der Waals surface area contributed by atoms with Crippen LogP contribution in [0.3, 0.4) is 0 Å². The van der Waals surface area contributed by atoms with Gasteiger partial charge in [-0.1, -0.05) is 5.57 Å². The zero-order valence-corrected chi connectivity index (χ0v) is 10.0. The van der Waals surface area contributed by atoms with Crippen molar-refractivity contribution in [1.82, 2.24) is 0 Å². The Hall–Kier alpha value is -1.25. The first-order valence-electron chi connectivity index (χ1n) is 5.06. The molecule has 86 valence electrons. The molecule has 0 fully saturated rings. The Morgan fingerprint density at radius 3 is 2.40 bits per heavy atom. The molecule has 0 atom stereocenters. The van der Waals surface area contributed by atoms with E-state index in [1.807, 2.05) is 26.0 Å². The van der Waals surface area contributed by atoms with Crippen LogP contribution in [0.1, 0.15) is 33.6 Å². The maximum absolute atomic E-state index is 10.5. The second kappa shape index (κ2) is 8.09. The zero-order valence-electron chi connectivity index (χ0n) is 10.0. The number of rotatable bonds is 6. The van der Waals surface area contributed by atoms with Crippen molar-refractivity contribution in [2.45, 2.75) is 33.6 Å². The largest absolute Gasteiger partial charge is 0.502 e. The minimum Gasteiger partial charge on any atom is -0.502 e. The van der Waals surface area contributed by atoms with Gasteiger partial charge in [0.1, 0.15) is 6.61 Å². The highest BCUT2D eigenvalue weighted by Gasteiger charge is 1.92. The fourth-order valence-corrected chi connectivity index (χ4v) is 0.990. The molecular formula is C12H20O3. The average Bonchev–Trinajstić information content (AvgIpc) is 2.17. The van der Waals surface area contributed by atoms with Crippen LogP contribution in [-0.4, -0.2) is 19.7 Å². The first-order valence-corrected chi connectivity index (χ1v) is 5.06. The van der Waals surface area contributed by atoms with E-state index in [9.17, 15) is 4.79 Å². The number of carbonyl (C=O) groups excluding carboxylic acids is 1. The van der Waals surface area contributed by atoms with Gasteiger partial charge in [-0.3, -0.25) is 4.79 Å². The molecular weight excluding hydrogens is 192 g/mol. The average molecular weight is 212 g/mol. The molecule has 0 saturated carbocycles. The number of carbonyl (C=O) groups is 1. The third-order valence-corrected chi connectivity index (χ3v) is 2.01. The Balaban J connectivity index is 3.73. The number of allylic oxidation sites excluding steroid dienone is 3. The molecule has 3 nitrogen and oxygen atoms in total. The summed E-state index contributed by atoms with van der Waals surface area (Å²) in [6.45, 7) is 5.74. The Kier molecular flexibility index (Phi) is 7.42. The molecule has 0 aliphatic rings. The number of hydrogen-bond donors (Lipinski definition) is 0. The van der Waals surface area contributed by atoms with E-state index < -0.39 is 0 Å². The van der Waals surface area contributed by atoms with Gasteiger partial charge in [0.15, 0.2) is 0 Å². The van der Waals surface area contributed by atoms with Crippen molar-refractivity contribution in [3.63, 3.8) is 0 Å². The van der Waals surface area contributed by atoms with Crippen LogP contribution in [0.25, 0.3) is 0 Å². The predicted molar refractivity (Wildman–Crippen MR) is 60.4 cm³/mol. The summed E-state index contributed by atoms with van der Waals surface area (Å²) >= 11 is 0. The van der Waals surface area contributed by atoms with E-state index in [0.717, 1.165) is 18.6 Å². The van der Waals surface area contributed by atoms with Crippen LogP contribution in [-0.2, 0) is 14.3 Å². The van der Waals surface area contributed by atoms with Crippen molar-refractivity contribution < 1.29 is 14.3 Å². The summed E-state index contributed by atoms with van der Waals surface area (Å²) < 4.78 is 9.82. The number of methoxy groups -OCH3 is 1. The molecule has 0 aliphatic heterocycles. The topological polar surface area (TPSA) is 35.5 Å². The summed E-state index contributed by atoms with van der Waals surface area (Å²) in [6.07, 6.45) is 5.88. The van der Waals surface area contributed by atoms with Crippen LogP contribution in [0.4, 0.5) is 0 Å². The fraction of sp³-hybridized carbons (Fsp3) is 0.583. The van der Waals surface area contributed by atoms with E-state index in [1.165, 1.54) is 12.5 Å². The van der Waals surface area contributed by atoms with E-state index >= 15 is 0 Å². The number of ether oxygens (including phenoxy) is 2. The van der Waals surface area contributed by atoms with Crippen LogP contribution >= 0.6 is 0 Å². The van der Waals surface area contributed by atoms with Crippen LogP contribution in [0.15, 0.2) is 23.5 Å². The van der Waals surface area contributed by atoms with E-state index in [4.69, 9.17) is 9.47 Å². The Morgan fingerprint density at radius 2 is 1.87 bits per heavy atom. The van der Waals surface area contributed by atoms with Gasteiger partial charge in [-0.25, -0.2) is 0 Å². The monoisotopic (exact) mass is 212 g/mol. The highest BCUT2D eigenvalue weighted by atomic mass is 16.5. The lowest BCUT2D eigenvalue weighted by Gasteiger charge is -2.01. The van der Waals surface area contributed by atoms with Crippen molar-refractivity contribution in [3.05, 3.63) is 23.5 Å². The molecule has 15 heavy (non-hydrogen) atoms. The van der Waals surface area contributed by atoms with Gasteiger partial charge >= 0.3 is 5.97 Å². The molecule has 0 amide bonds. The van der Waals surface area contributed by atoms with Gasteiger partial charge in [0.05, 0.1) is 12.9 Å². The van der Waals surface area contributed by atoms with Gasteiger partial charge in [-0.15, -0.1) is 0 Å². The van der Waals surface area contributed by atoms with Gasteiger partial charge < -0.3 is 9.47 Å². The predicted octanol–water partition coefficient (Wildman–Crippen LogP) is 2.83. The van der Waals surface area contributed by atoms with Crippen molar-refractivity contribution in [3.8, 4) is 0 Å². The molecule has 0 heterocycles. The molecule has 0 spiro atoms. The minimum absolute atomic E-state index is 0.242. The SMILES string of the molecule is COC(C)=CCCC(C)=CCOC(C)=O. The lowest BCUT2D eigenvalue weighted by Crippen LogP contribution is -1.98. The van der Waals surface area contributed by atoms with Gasteiger partial charge in [-0.05, 0) is 38.8 Å². The summed E-state index contributed by atoms with van der Waals surface area (Å²) in [4.78, 5) is 10.5. The quantitative estimate of drug-likeness (QED) is 0.386. The molecule has 0 N–H and O–H groups in total. The first kappa shape index (κ1) is 13.8. The van der Waals surface area contributed by atoms with Crippen molar-refractivity contribution in [1.29, 1.82) is 0 Å². The standard InChI is InChI=1S/C12H20O3/c1-10(8-9-15-12(3)13)6-5-7-11(2)14-4/h7-8H,5-6,9H2,1-4H3. The van der Waals surface area contributed by atoms with E-state index in [0.29, 0.717) is 6.61 Å². The van der Waals surface area contributed by atoms with Crippen molar-refractivity contribution in [2.75, 3.05) is 13.7 Å². The molecule has 0 aromatic rings. The minimum atomic E-state index is -0.242. The molecule has 0 aliphatic carbocycles. The molecule has 0 rings (SSSR count). The lowest BCUT2D eigenvalue weighted by molar-refractivity contribution is -0.139. The second-order valence-electron chi connectivity index (χ2n) is 3.41. The van der Waals surface area contributed by atoms with Crippen LogP contribution in [0, 0.1) is 0 Å². The smallest absolute Gasteiger partial charge is 0.302 e. The van der Waals surface area contributed by atoms with E-state index in [-0.39, 0.29) is 5.97 Å². The first-order chi connectivity index (χ1) is 7.06. The summed E-state index contributed by atoms with van der Waals surface area (Å²) in [5.74, 6) is 0.692. The van der Waals surface area contributed by atoms with Crippen LogP contribution in [0.2, 0.25) is 0 Å². The zero-order chi connectivity index (χ0) is 11.7. The molecule has 3 heteroatoms. The van der Waals surface area contributed by atoms with Crippen LogP contribution < -0.4 is 0 Å². The Morgan fingerprint density at radius 1 is 1.20 bits per heavy atom. The third-order valence-electron chi connectivity index (χ3n) is 2.01. The number of hydrogen-bond acceptors (Lipinski definition) is 3. The summed E-state index contributed by atoms with van der Waals surface area (Å²) in [5.41, 5.74) is 1.22. The molecule has 0 aromatic carbocycles. The molecule has 0 bridgehead atoms. The van der Waals surface area contributed by atoms with Gasteiger partial charge in [0.2, 0.25) is 0 Å². The lowest BCUT2D eigenvalue weighted by atomic mass is 10.1. The molecule has 0 saturated heterocycles. The van der Waals surface area contributed by atoms with Crippen molar-refractivity contribution >= 4 is 5.97 Å². The normalized spacial score (nSPS) is 12.5. The maximum atomic E-state index is 10.5. The third kappa shape index (κ3) is 9.06. The Labute approximate surface area is 91.8 Å².